The summed E-state index contributed by atoms with van der Waals surface area (Å²) in [6, 6.07) is 0. The van der Waals surface area contributed by atoms with Gasteiger partial charge in [0.2, 0.25) is 11.6 Å². The molecule has 0 spiro atoms. The molecule has 0 bridgehead atoms. The van der Waals surface area contributed by atoms with Crippen molar-refractivity contribution in [3.8, 4) is 0 Å². The fraction of sp³-hybridized carbons (Fsp3) is 0.444. The largest absolute Gasteiger partial charge is 0.408 e. The smallest absolute Gasteiger partial charge is 0.350 e. The van der Waals surface area contributed by atoms with Crippen LogP contribution in [0.25, 0.3) is 11.2 Å². The van der Waals surface area contributed by atoms with Crippen molar-refractivity contribution < 1.29 is 29.0 Å². The minimum atomic E-state index is -4.35. The van der Waals surface area contributed by atoms with Gasteiger partial charge in [0.15, 0.2) is 5.52 Å². The zero-order valence-electron chi connectivity index (χ0n) is 11.1. The van der Waals surface area contributed by atoms with E-state index >= 15 is 0 Å². The summed E-state index contributed by atoms with van der Waals surface area (Å²) >= 11 is 0. The number of nitrogens with one attached hydrogen (secondary N) is 1. The van der Waals surface area contributed by atoms with Crippen LogP contribution in [0.1, 0.15) is 0 Å². The van der Waals surface area contributed by atoms with Crippen LogP contribution in [0.5, 0.6) is 0 Å². The van der Waals surface area contributed by atoms with Gasteiger partial charge in [-0.3, -0.25) is 14.3 Å². The Balaban J connectivity index is 2.07. The minimum Gasteiger partial charge on any atom is -0.408 e. The number of ether oxygens (including phenoxy) is 1. The number of H-pyrrole nitrogens is 1. The van der Waals surface area contributed by atoms with Gasteiger partial charge in [0.1, 0.15) is 25.4 Å². The maximum atomic E-state index is 11.6. The third kappa shape index (κ3) is 4.02. The lowest BCUT2D eigenvalue weighted by Gasteiger charge is -2.16. The van der Waals surface area contributed by atoms with E-state index in [2.05, 4.69) is 15.0 Å². The van der Waals surface area contributed by atoms with Crippen LogP contribution < -0.4 is 16.1 Å². The molecule has 0 aliphatic carbocycles. The standard InChI is InChI=1S/C9H14N5O7P/c10-9-12-7-6(8(16)13-9)11-3-14(7)21-2-5(1-15)20-4-22(17,18)19/h3,5,15H,1-2,4H2,(H2,17,18,19)(H3,10,12,13,16)/t5-/m0/s1. The molecule has 13 heteroatoms. The Labute approximate surface area is 122 Å². The van der Waals surface area contributed by atoms with Crippen LogP contribution in [0.15, 0.2) is 11.1 Å². The van der Waals surface area contributed by atoms with Gasteiger partial charge >= 0.3 is 7.60 Å². The molecular weight excluding hydrogens is 321 g/mol. The molecule has 2 aromatic heterocycles. The molecule has 0 aromatic carbocycles. The minimum absolute atomic E-state index is 0.00545. The Kier molecular flexibility index (Phi) is 4.78. The van der Waals surface area contributed by atoms with Gasteiger partial charge in [-0.1, -0.05) is 0 Å². The molecule has 22 heavy (non-hydrogen) atoms. The van der Waals surface area contributed by atoms with Crippen LogP contribution in [0.3, 0.4) is 0 Å². The number of hydrogen-bond acceptors (Lipinski definition) is 8. The number of rotatable bonds is 7. The van der Waals surface area contributed by atoms with Crippen molar-refractivity contribution in [2.24, 2.45) is 0 Å². The average Bonchev–Trinajstić information content (AvgIpc) is 2.81. The predicted octanol–water partition coefficient (Wildman–Crippen LogP) is -2.36. The maximum absolute atomic E-state index is 11.6. The van der Waals surface area contributed by atoms with Gasteiger partial charge in [-0.2, -0.15) is 9.71 Å². The van der Waals surface area contributed by atoms with E-state index in [1.165, 1.54) is 6.33 Å². The first kappa shape index (κ1) is 16.4. The topological polar surface area (TPSA) is 186 Å². The van der Waals surface area contributed by atoms with Crippen molar-refractivity contribution in [2.45, 2.75) is 6.10 Å². The zero-order chi connectivity index (χ0) is 16.3. The molecule has 0 aliphatic heterocycles. The molecule has 2 rings (SSSR count). The Morgan fingerprint density at radius 3 is 2.86 bits per heavy atom. The third-order valence-corrected chi connectivity index (χ3v) is 2.96. The number of aromatic nitrogens is 4. The number of nitrogens with zero attached hydrogens (tertiary/aromatic N) is 3. The number of aliphatic hydroxyl groups excluding tert-OH is 1. The number of aromatic amines is 1. The highest BCUT2D eigenvalue weighted by Gasteiger charge is 2.19. The first-order valence-corrected chi connectivity index (χ1v) is 7.73. The van der Waals surface area contributed by atoms with Gasteiger partial charge in [-0.05, 0) is 0 Å². The van der Waals surface area contributed by atoms with Gasteiger partial charge < -0.3 is 30.2 Å². The summed E-state index contributed by atoms with van der Waals surface area (Å²) in [5.41, 5.74) is 4.94. The fourth-order valence-corrected chi connectivity index (χ4v) is 1.93. The molecule has 12 nitrogen and oxygen atoms in total. The lowest BCUT2D eigenvalue weighted by atomic mass is 10.4. The normalized spacial score (nSPS) is 13.4. The van der Waals surface area contributed by atoms with Gasteiger partial charge in [0.25, 0.3) is 5.56 Å². The Morgan fingerprint density at radius 1 is 1.50 bits per heavy atom. The summed E-state index contributed by atoms with van der Waals surface area (Å²) in [6.45, 7) is -0.779. The van der Waals surface area contributed by atoms with Crippen molar-refractivity contribution in [3.63, 3.8) is 0 Å². The lowest BCUT2D eigenvalue weighted by molar-refractivity contribution is -0.0327. The van der Waals surface area contributed by atoms with Crippen molar-refractivity contribution in [1.29, 1.82) is 0 Å². The second kappa shape index (κ2) is 6.42. The molecule has 2 aromatic rings. The van der Waals surface area contributed by atoms with Crippen molar-refractivity contribution in [1.82, 2.24) is 19.7 Å². The Hall–Kier alpha value is -1.98. The average molecular weight is 335 g/mol. The monoisotopic (exact) mass is 335 g/mol. The summed E-state index contributed by atoms with van der Waals surface area (Å²) in [5.74, 6) is -0.126. The Bertz CT molecular complexity index is 752. The molecule has 122 valence electrons. The second-order valence-corrected chi connectivity index (χ2v) is 5.84. The molecule has 0 fully saturated rings. The van der Waals surface area contributed by atoms with Crippen molar-refractivity contribution >= 4 is 24.7 Å². The molecule has 6 N–H and O–H groups in total. The molecule has 0 saturated carbocycles. The van der Waals surface area contributed by atoms with E-state index in [-0.39, 0.29) is 23.7 Å². The first-order chi connectivity index (χ1) is 10.3. The number of anilines is 1. The molecule has 2 heterocycles. The summed E-state index contributed by atoms with van der Waals surface area (Å²) in [4.78, 5) is 44.1. The van der Waals surface area contributed by atoms with E-state index < -0.39 is 32.2 Å². The van der Waals surface area contributed by atoms with Crippen LogP contribution in [-0.2, 0) is 9.30 Å². The van der Waals surface area contributed by atoms with Gasteiger partial charge in [-0.15, -0.1) is 0 Å². The fourth-order valence-electron chi connectivity index (χ4n) is 1.52. The number of nitrogens with two attached hydrogens (primary N) is 1. The molecular formula is C9H14N5O7P. The van der Waals surface area contributed by atoms with Gasteiger partial charge in [0.05, 0.1) is 6.61 Å². The van der Waals surface area contributed by atoms with Crippen LogP contribution in [0.4, 0.5) is 5.95 Å². The van der Waals surface area contributed by atoms with E-state index in [4.69, 9.17) is 30.2 Å². The van der Waals surface area contributed by atoms with Gasteiger partial charge in [-0.25, -0.2) is 4.98 Å². The number of imidazole rings is 1. The summed E-state index contributed by atoms with van der Waals surface area (Å²) in [5, 5.41) is 9.08. The van der Waals surface area contributed by atoms with E-state index in [0.717, 1.165) is 4.73 Å². The molecule has 0 saturated heterocycles. The quantitative estimate of drug-likeness (QED) is 0.343. The van der Waals surface area contributed by atoms with Crippen molar-refractivity contribution in [3.05, 3.63) is 16.7 Å². The van der Waals surface area contributed by atoms with Crippen LogP contribution in [0, 0.1) is 0 Å². The number of nitrogen functional groups attached to an aromatic ring is 1. The molecule has 0 unspecified atom stereocenters. The molecule has 0 radical (unpaired) electrons. The van der Waals surface area contributed by atoms with Crippen LogP contribution in [-0.4, -0.2) is 60.2 Å². The highest BCUT2D eigenvalue weighted by Crippen LogP contribution is 2.34. The van der Waals surface area contributed by atoms with Crippen LogP contribution in [0.2, 0.25) is 0 Å². The summed E-state index contributed by atoms with van der Waals surface area (Å²) in [7, 11) is -4.35. The lowest BCUT2D eigenvalue weighted by Crippen LogP contribution is -2.30. The SMILES string of the molecule is Nc1nc2c(ncn2OC[C@H](CO)OCP(=O)(O)O)c(=O)[nH]1. The van der Waals surface area contributed by atoms with E-state index in [1.807, 2.05) is 0 Å². The second-order valence-electron chi connectivity index (χ2n) is 4.25. The highest BCUT2D eigenvalue weighted by atomic mass is 31.2. The maximum Gasteiger partial charge on any atom is 0.350 e. The highest BCUT2D eigenvalue weighted by molar-refractivity contribution is 7.51. The third-order valence-electron chi connectivity index (χ3n) is 2.48. The first-order valence-electron chi connectivity index (χ1n) is 5.93. The van der Waals surface area contributed by atoms with Crippen molar-refractivity contribution in [2.75, 3.05) is 25.3 Å². The van der Waals surface area contributed by atoms with E-state index in [1.54, 1.807) is 0 Å². The predicted molar refractivity (Wildman–Crippen MR) is 72.9 cm³/mol. The molecule has 1 atom stereocenters. The van der Waals surface area contributed by atoms with E-state index in [0.29, 0.717) is 0 Å². The summed E-state index contributed by atoms with van der Waals surface area (Å²) < 4.78 is 16.6. The Morgan fingerprint density at radius 2 is 2.23 bits per heavy atom. The van der Waals surface area contributed by atoms with E-state index in [9.17, 15) is 9.36 Å². The van der Waals surface area contributed by atoms with Gasteiger partial charge in [0, 0.05) is 0 Å². The number of fused-ring (bicyclic) bond motifs is 1. The molecule has 0 amide bonds. The zero-order valence-corrected chi connectivity index (χ0v) is 12.0. The summed E-state index contributed by atoms with van der Waals surface area (Å²) in [6.07, 6.45) is -0.662. The number of hydrogen-bond donors (Lipinski definition) is 5. The number of aliphatic hydroxyl groups is 1. The molecule has 0 aliphatic rings. The van der Waals surface area contributed by atoms with Crippen LogP contribution >= 0.6 is 7.60 Å².